The Bertz CT molecular complexity index is 876. The van der Waals surface area contributed by atoms with Gasteiger partial charge in [0, 0.05) is 26.2 Å². The highest BCUT2D eigenvalue weighted by molar-refractivity contribution is 5.96. The van der Waals surface area contributed by atoms with E-state index in [1.54, 1.807) is 24.3 Å². The number of benzene rings is 2. The number of hydrogen-bond donors (Lipinski definition) is 1. The third-order valence-corrected chi connectivity index (χ3v) is 4.30. The molecule has 0 radical (unpaired) electrons. The van der Waals surface area contributed by atoms with Crippen LogP contribution in [0.25, 0.3) is 0 Å². The van der Waals surface area contributed by atoms with Crippen molar-refractivity contribution in [1.29, 1.82) is 5.26 Å². The minimum absolute atomic E-state index is 0.0317. The molecule has 1 saturated heterocycles. The molecular formula is C20H19FN4O2. The summed E-state index contributed by atoms with van der Waals surface area (Å²) in [5.41, 5.74) is 2.21. The average Bonchev–Trinajstić information content (AvgIpc) is 3.08. The van der Waals surface area contributed by atoms with Crippen LogP contribution in [0.2, 0.25) is 0 Å². The van der Waals surface area contributed by atoms with Crippen LogP contribution in [0.15, 0.2) is 48.5 Å². The van der Waals surface area contributed by atoms with Crippen molar-refractivity contribution in [1.82, 2.24) is 15.1 Å². The van der Waals surface area contributed by atoms with Gasteiger partial charge in [0.2, 0.25) is 5.91 Å². The first kappa shape index (κ1) is 18.5. The molecule has 0 unspecified atom stereocenters. The molecule has 138 valence electrons. The lowest BCUT2D eigenvalue weighted by atomic mass is 10.1. The number of carbonyl (C=O) groups is 2. The van der Waals surface area contributed by atoms with Gasteiger partial charge in [-0.1, -0.05) is 24.3 Å². The molecular weight excluding hydrogens is 347 g/mol. The van der Waals surface area contributed by atoms with Crippen LogP contribution in [0.5, 0.6) is 0 Å². The smallest absolute Gasteiger partial charge is 0.324 e. The van der Waals surface area contributed by atoms with Crippen molar-refractivity contribution >= 4 is 11.9 Å². The lowest BCUT2D eigenvalue weighted by Gasteiger charge is -2.24. The number of amides is 3. The van der Waals surface area contributed by atoms with E-state index in [0.717, 1.165) is 11.1 Å². The molecule has 0 bridgehead atoms. The number of urea groups is 1. The first-order chi connectivity index (χ1) is 13.0. The largest absolute Gasteiger partial charge is 0.336 e. The van der Waals surface area contributed by atoms with Crippen LogP contribution in [0.3, 0.4) is 0 Å². The van der Waals surface area contributed by atoms with Gasteiger partial charge in [-0.2, -0.15) is 5.26 Å². The highest BCUT2D eigenvalue weighted by atomic mass is 19.1. The van der Waals surface area contributed by atoms with Gasteiger partial charge in [-0.15, -0.1) is 0 Å². The Morgan fingerprint density at radius 3 is 2.56 bits per heavy atom. The highest BCUT2D eigenvalue weighted by Gasteiger charge is 2.27. The van der Waals surface area contributed by atoms with Crippen LogP contribution < -0.4 is 5.32 Å². The highest BCUT2D eigenvalue weighted by Crippen LogP contribution is 2.13. The molecule has 0 saturated carbocycles. The van der Waals surface area contributed by atoms with Gasteiger partial charge in [0.15, 0.2) is 0 Å². The van der Waals surface area contributed by atoms with Crippen LogP contribution in [-0.4, -0.2) is 41.4 Å². The number of rotatable bonds is 6. The van der Waals surface area contributed by atoms with E-state index in [-0.39, 0.29) is 24.3 Å². The summed E-state index contributed by atoms with van der Waals surface area (Å²) in [6, 6.07) is 15.0. The standard InChI is InChI=1S/C20H19FN4O2/c21-18-3-1-2-17(10-18)13-24(12-16-6-4-15(11-22)5-7-16)14-19(26)25-9-8-23-20(25)27/h1-7,10H,8-9,12-14H2,(H,23,27). The van der Waals surface area contributed by atoms with E-state index in [1.165, 1.54) is 17.0 Å². The second-order valence-electron chi connectivity index (χ2n) is 6.36. The monoisotopic (exact) mass is 366 g/mol. The number of hydrogen-bond acceptors (Lipinski definition) is 4. The number of imide groups is 1. The van der Waals surface area contributed by atoms with E-state index >= 15 is 0 Å². The summed E-state index contributed by atoms with van der Waals surface area (Å²) >= 11 is 0. The zero-order valence-corrected chi connectivity index (χ0v) is 14.7. The molecule has 1 heterocycles. The van der Waals surface area contributed by atoms with E-state index < -0.39 is 0 Å². The maximum Gasteiger partial charge on any atom is 0.324 e. The van der Waals surface area contributed by atoms with Gasteiger partial charge < -0.3 is 5.32 Å². The topological polar surface area (TPSA) is 76.4 Å². The number of halogens is 1. The Balaban J connectivity index is 1.75. The summed E-state index contributed by atoms with van der Waals surface area (Å²) < 4.78 is 13.5. The molecule has 1 N–H and O–H groups in total. The van der Waals surface area contributed by atoms with Gasteiger partial charge >= 0.3 is 6.03 Å². The van der Waals surface area contributed by atoms with Crippen molar-refractivity contribution in [2.24, 2.45) is 0 Å². The number of nitriles is 1. The van der Waals surface area contributed by atoms with E-state index in [0.29, 0.717) is 31.7 Å². The van der Waals surface area contributed by atoms with Crippen molar-refractivity contribution in [3.05, 3.63) is 71.0 Å². The van der Waals surface area contributed by atoms with E-state index in [9.17, 15) is 14.0 Å². The van der Waals surface area contributed by atoms with Gasteiger partial charge in [-0.05, 0) is 35.4 Å². The lowest BCUT2D eigenvalue weighted by Crippen LogP contribution is -2.41. The normalized spacial score (nSPS) is 13.5. The van der Waals surface area contributed by atoms with Crippen LogP contribution in [-0.2, 0) is 17.9 Å². The van der Waals surface area contributed by atoms with Gasteiger partial charge in [-0.3, -0.25) is 14.6 Å². The average molecular weight is 366 g/mol. The van der Waals surface area contributed by atoms with Crippen molar-refractivity contribution in [3.8, 4) is 6.07 Å². The quantitative estimate of drug-likeness (QED) is 0.851. The van der Waals surface area contributed by atoms with Gasteiger partial charge in [0.05, 0.1) is 18.2 Å². The Morgan fingerprint density at radius 1 is 1.19 bits per heavy atom. The molecule has 0 aliphatic carbocycles. The molecule has 6 nitrogen and oxygen atoms in total. The minimum atomic E-state index is -0.385. The third kappa shape index (κ3) is 4.90. The predicted octanol–water partition coefficient (Wildman–Crippen LogP) is 2.25. The zero-order valence-electron chi connectivity index (χ0n) is 14.7. The van der Waals surface area contributed by atoms with E-state index in [1.807, 2.05) is 17.0 Å². The van der Waals surface area contributed by atoms with Crippen LogP contribution in [0.4, 0.5) is 9.18 Å². The molecule has 0 aromatic heterocycles. The van der Waals surface area contributed by atoms with E-state index in [4.69, 9.17) is 5.26 Å². The van der Waals surface area contributed by atoms with Crippen molar-refractivity contribution < 1.29 is 14.0 Å². The molecule has 2 aromatic carbocycles. The summed E-state index contributed by atoms with van der Waals surface area (Å²) in [5, 5.41) is 11.5. The molecule has 0 atom stereocenters. The van der Waals surface area contributed by atoms with Crippen molar-refractivity contribution in [2.45, 2.75) is 13.1 Å². The second-order valence-corrected chi connectivity index (χ2v) is 6.36. The first-order valence-corrected chi connectivity index (χ1v) is 8.59. The maximum atomic E-state index is 13.5. The summed E-state index contributed by atoms with van der Waals surface area (Å²) in [5.74, 6) is -0.633. The predicted molar refractivity (Wildman–Crippen MR) is 96.8 cm³/mol. The number of carbonyl (C=O) groups excluding carboxylic acids is 2. The Hall–Kier alpha value is -3.24. The summed E-state index contributed by atoms with van der Waals surface area (Å²) in [6.07, 6.45) is 0. The van der Waals surface area contributed by atoms with Crippen molar-refractivity contribution in [3.63, 3.8) is 0 Å². The molecule has 1 fully saturated rings. The Labute approximate surface area is 156 Å². The molecule has 2 aromatic rings. The molecule has 3 amide bonds. The third-order valence-electron chi connectivity index (χ3n) is 4.30. The fraction of sp³-hybridized carbons (Fsp3) is 0.250. The van der Waals surface area contributed by atoms with Crippen LogP contribution >= 0.6 is 0 Å². The van der Waals surface area contributed by atoms with Crippen molar-refractivity contribution in [2.75, 3.05) is 19.6 Å². The number of nitrogens with one attached hydrogen (secondary N) is 1. The van der Waals surface area contributed by atoms with Gasteiger partial charge in [0.25, 0.3) is 0 Å². The second kappa shape index (κ2) is 8.43. The lowest BCUT2D eigenvalue weighted by molar-refractivity contribution is -0.129. The molecule has 3 rings (SSSR count). The molecule has 1 aliphatic rings. The van der Waals surface area contributed by atoms with Crippen LogP contribution in [0.1, 0.15) is 16.7 Å². The fourth-order valence-corrected chi connectivity index (χ4v) is 2.99. The summed E-state index contributed by atoms with van der Waals surface area (Å²) in [7, 11) is 0. The van der Waals surface area contributed by atoms with Gasteiger partial charge in [0.1, 0.15) is 5.82 Å². The molecule has 27 heavy (non-hydrogen) atoms. The summed E-state index contributed by atoms with van der Waals surface area (Å²) in [4.78, 5) is 27.3. The Morgan fingerprint density at radius 2 is 1.93 bits per heavy atom. The minimum Gasteiger partial charge on any atom is -0.336 e. The first-order valence-electron chi connectivity index (χ1n) is 8.59. The Kier molecular flexibility index (Phi) is 5.79. The fourth-order valence-electron chi connectivity index (χ4n) is 2.99. The van der Waals surface area contributed by atoms with E-state index in [2.05, 4.69) is 11.4 Å². The molecule has 1 aliphatic heterocycles. The molecule has 7 heteroatoms. The SMILES string of the molecule is N#Cc1ccc(CN(CC(=O)N2CCNC2=O)Cc2cccc(F)c2)cc1. The summed E-state index contributed by atoms with van der Waals surface area (Å²) in [6.45, 7) is 1.62. The molecule has 0 spiro atoms. The van der Waals surface area contributed by atoms with Gasteiger partial charge in [-0.25, -0.2) is 9.18 Å². The maximum absolute atomic E-state index is 13.5. The van der Waals surface area contributed by atoms with Crippen LogP contribution in [0, 0.1) is 17.1 Å². The number of nitrogens with zero attached hydrogens (tertiary/aromatic N) is 3. The zero-order chi connectivity index (χ0) is 19.2.